The second kappa shape index (κ2) is 8.56. The molecule has 0 bridgehead atoms. The second-order valence-electron chi connectivity index (χ2n) is 6.85. The SMILES string of the molecule is CC1=C(/C=C/C(C)=C/C=C/C(C)=C/C(=O)N=O)C(C)(C)CCC1. The lowest BCUT2D eigenvalue weighted by Crippen LogP contribution is -2.19. The van der Waals surface area contributed by atoms with Gasteiger partial charge in [-0.15, -0.1) is 4.91 Å². The highest BCUT2D eigenvalue weighted by Crippen LogP contribution is 2.40. The molecule has 1 aliphatic rings. The summed E-state index contributed by atoms with van der Waals surface area (Å²) in [7, 11) is 0. The molecule has 0 aromatic carbocycles. The smallest absolute Gasteiger partial charge is 0.264 e. The van der Waals surface area contributed by atoms with Gasteiger partial charge in [0.25, 0.3) is 0 Å². The second-order valence-corrected chi connectivity index (χ2v) is 6.85. The van der Waals surface area contributed by atoms with Crippen molar-refractivity contribution in [2.75, 3.05) is 0 Å². The third-order valence-electron chi connectivity index (χ3n) is 4.21. The maximum Gasteiger partial charge on any atom is 0.309 e. The molecule has 0 aliphatic heterocycles. The lowest BCUT2D eigenvalue weighted by Gasteiger charge is -2.32. The standard InChI is InChI=1S/C20H27NO2/c1-15(8-6-9-16(2)14-19(22)21-23)11-12-18-17(3)10-7-13-20(18,4)5/h6,8-9,11-12,14H,7,10,13H2,1-5H3/b9-6+,12-11+,15-8+,16-14+. The largest absolute Gasteiger partial charge is 0.309 e. The summed E-state index contributed by atoms with van der Waals surface area (Å²) < 4.78 is 0. The molecular formula is C20H27NO2. The summed E-state index contributed by atoms with van der Waals surface area (Å²) in [6.45, 7) is 10.6. The van der Waals surface area contributed by atoms with Gasteiger partial charge in [-0.1, -0.05) is 55.4 Å². The Labute approximate surface area is 139 Å². The van der Waals surface area contributed by atoms with Gasteiger partial charge in [-0.3, -0.25) is 4.79 Å². The molecule has 1 amide bonds. The topological polar surface area (TPSA) is 46.5 Å². The van der Waals surface area contributed by atoms with Crippen LogP contribution in [0.15, 0.2) is 63.9 Å². The molecular weight excluding hydrogens is 286 g/mol. The van der Waals surface area contributed by atoms with E-state index in [0.717, 1.165) is 5.57 Å². The van der Waals surface area contributed by atoms with Crippen LogP contribution in [0.3, 0.4) is 0 Å². The number of nitroso groups, excluding NO2 is 1. The highest BCUT2D eigenvalue weighted by atomic mass is 16.3. The molecule has 0 spiro atoms. The van der Waals surface area contributed by atoms with E-state index in [1.165, 1.54) is 36.5 Å². The maximum atomic E-state index is 10.9. The van der Waals surface area contributed by atoms with Crippen molar-refractivity contribution < 1.29 is 4.79 Å². The minimum atomic E-state index is -0.755. The number of nitrogens with zero attached hydrogens (tertiary/aromatic N) is 1. The fraction of sp³-hybridized carbons (Fsp3) is 0.450. The quantitative estimate of drug-likeness (QED) is 0.365. The van der Waals surface area contributed by atoms with Gasteiger partial charge in [-0.2, -0.15) is 0 Å². The fourth-order valence-electron chi connectivity index (χ4n) is 2.90. The summed E-state index contributed by atoms with van der Waals surface area (Å²) in [4.78, 5) is 20.9. The van der Waals surface area contributed by atoms with Crippen LogP contribution in [0.5, 0.6) is 0 Å². The Balaban J connectivity index is 2.79. The molecule has 0 heterocycles. The van der Waals surface area contributed by atoms with E-state index in [0.29, 0.717) is 5.57 Å². The first-order valence-electron chi connectivity index (χ1n) is 8.05. The van der Waals surface area contributed by atoms with Gasteiger partial charge >= 0.3 is 5.91 Å². The monoisotopic (exact) mass is 313 g/mol. The van der Waals surface area contributed by atoms with Crippen molar-refractivity contribution in [3.05, 3.63) is 63.7 Å². The van der Waals surface area contributed by atoms with Crippen LogP contribution in [0.4, 0.5) is 0 Å². The molecule has 0 saturated heterocycles. The van der Waals surface area contributed by atoms with Crippen molar-refractivity contribution in [2.24, 2.45) is 10.6 Å². The molecule has 0 unspecified atom stereocenters. The first kappa shape index (κ1) is 19.0. The molecule has 0 aromatic heterocycles. The van der Waals surface area contributed by atoms with Crippen LogP contribution < -0.4 is 0 Å². The van der Waals surface area contributed by atoms with Crippen molar-refractivity contribution in [1.29, 1.82) is 0 Å². The Hall–Kier alpha value is -2.03. The zero-order chi connectivity index (χ0) is 17.5. The molecule has 0 radical (unpaired) electrons. The number of carbonyl (C=O) groups is 1. The number of amides is 1. The van der Waals surface area contributed by atoms with Gasteiger partial charge in [-0.05, 0) is 56.6 Å². The van der Waals surface area contributed by atoms with Gasteiger partial charge in [0.05, 0.1) is 0 Å². The van der Waals surface area contributed by atoms with Gasteiger partial charge < -0.3 is 0 Å². The summed E-state index contributed by atoms with van der Waals surface area (Å²) in [5.74, 6) is -0.755. The van der Waals surface area contributed by atoms with Crippen LogP contribution in [0.1, 0.15) is 53.9 Å². The van der Waals surface area contributed by atoms with E-state index in [4.69, 9.17) is 0 Å². The van der Waals surface area contributed by atoms with Crippen LogP contribution in [0, 0.1) is 10.3 Å². The average molecular weight is 313 g/mol. The molecule has 3 nitrogen and oxygen atoms in total. The third kappa shape index (κ3) is 6.31. The van der Waals surface area contributed by atoms with E-state index in [9.17, 15) is 9.70 Å². The average Bonchev–Trinajstić information content (AvgIpc) is 2.45. The number of hydrogen-bond donors (Lipinski definition) is 0. The van der Waals surface area contributed by atoms with E-state index in [1.54, 1.807) is 13.0 Å². The van der Waals surface area contributed by atoms with E-state index in [-0.39, 0.29) is 5.41 Å². The van der Waals surface area contributed by atoms with Crippen LogP contribution in [-0.2, 0) is 4.79 Å². The molecule has 0 N–H and O–H groups in total. The highest BCUT2D eigenvalue weighted by Gasteiger charge is 2.26. The maximum absolute atomic E-state index is 10.9. The number of hydrogen-bond acceptors (Lipinski definition) is 2. The number of allylic oxidation sites excluding steroid dienone is 9. The van der Waals surface area contributed by atoms with E-state index < -0.39 is 5.91 Å². The van der Waals surface area contributed by atoms with Crippen molar-refractivity contribution in [3.63, 3.8) is 0 Å². The molecule has 0 atom stereocenters. The minimum Gasteiger partial charge on any atom is -0.264 e. The molecule has 124 valence electrons. The number of carbonyl (C=O) groups excluding carboxylic acids is 1. The van der Waals surface area contributed by atoms with Crippen LogP contribution in [0.25, 0.3) is 0 Å². The Bertz CT molecular complexity index is 614. The van der Waals surface area contributed by atoms with Crippen LogP contribution >= 0.6 is 0 Å². The molecule has 0 fully saturated rings. The Morgan fingerprint density at radius 1 is 1.17 bits per heavy atom. The summed E-state index contributed by atoms with van der Waals surface area (Å²) in [6.07, 6.45) is 14.9. The summed E-state index contributed by atoms with van der Waals surface area (Å²) >= 11 is 0. The van der Waals surface area contributed by atoms with Crippen molar-refractivity contribution in [3.8, 4) is 0 Å². The normalized spacial score (nSPS) is 19.7. The minimum absolute atomic E-state index is 0.246. The Morgan fingerprint density at radius 3 is 2.48 bits per heavy atom. The fourth-order valence-corrected chi connectivity index (χ4v) is 2.90. The predicted molar refractivity (Wildman–Crippen MR) is 96.9 cm³/mol. The van der Waals surface area contributed by atoms with Gasteiger partial charge in [0.15, 0.2) is 0 Å². The Kier molecular flexibility index (Phi) is 7.08. The van der Waals surface area contributed by atoms with Gasteiger partial charge in [0, 0.05) is 11.3 Å². The van der Waals surface area contributed by atoms with Gasteiger partial charge in [0.1, 0.15) is 0 Å². The van der Waals surface area contributed by atoms with Gasteiger partial charge in [0.2, 0.25) is 0 Å². The first-order valence-corrected chi connectivity index (χ1v) is 8.05. The van der Waals surface area contributed by atoms with E-state index in [1.807, 2.05) is 19.1 Å². The van der Waals surface area contributed by atoms with Crippen LogP contribution in [-0.4, -0.2) is 5.91 Å². The zero-order valence-electron chi connectivity index (χ0n) is 14.8. The first-order chi connectivity index (χ1) is 10.8. The predicted octanol–water partition coefficient (Wildman–Crippen LogP) is 5.81. The van der Waals surface area contributed by atoms with Crippen molar-refractivity contribution in [1.82, 2.24) is 0 Å². The molecule has 23 heavy (non-hydrogen) atoms. The molecule has 1 rings (SSSR count). The van der Waals surface area contributed by atoms with Crippen molar-refractivity contribution in [2.45, 2.75) is 53.9 Å². The molecule has 3 heteroatoms. The highest BCUT2D eigenvalue weighted by molar-refractivity contribution is 5.89. The summed E-state index contributed by atoms with van der Waals surface area (Å²) in [6, 6.07) is 0. The van der Waals surface area contributed by atoms with Crippen molar-refractivity contribution >= 4 is 5.91 Å². The number of rotatable bonds is 5. The molecule has 0 saturated carbocycles. The van der Waals surface area contributed by atoms with Crippen LogP contribution in [0.2, 0.25) is 0 Å². The lowest BCUT2D eigenvalue weighted by atomic mass is 9.72. The van der Waals surface area contributed by atoms with Gasteiger partial charge in [-0.25, -0.2) is 0 Å². The van der Waals surface area contributed by atoms with E-state index in [2.05, 4.69) is 38.1 Å². The lowest BCUT2D eigenvalue weighted by molar-refractivity contribution is -0.113. The summed E-state index contributed by atoms with van der Waals surface area (Å²) in [5, 5.41) is 2.34. The molecule has 1 aliphatic carbocycles. The summed E-state index contributed by atoms with van der Waals surface area (Å²) in [5.41, 5.74) is 5.01. The third-order valence-corrected chi connectivity index (χ3v) is 4.21. The molecule has 0 aromatic rings. The van der Waals surface area contributed by atoms with E-state index >= 15 is 0 Å². The zero-order valence-corrected chi connectivity index (χ0v) is 14.8. The Morgan fingerprint density at radius 2 is 1.87 bits per heavy atom.